The van der Waals surface area contributed by atoms with Crippen molar-refractivity contribution in [2.45, 2.75) is 84.6 Å². The molecular formula is C15H32N2. The highest BCUT2D eigenvalue weighted by Crippen LogP contribution is 2.39. The van der Waals surface area contributed by atoms with Crippen LogP contribution in [0.25, 0.3) is 0 Å². The number of nitrogens with one attached hydrogen (secondary N) is 1. The van der Waals surface area contributed by atoms with Crippen LogP contribution in [-0.2, 0) is 0 Å². The SMILES string of the molecule is CCCCCCC(NN)C1CCC(C)(C)CC1. The summed E-state index contributed by atoms with van der Waals surface area (Å²) in [6.45, 7) is 7.06. The average Bonchev–Trinajstić information content (AvgIpc) is 2.30. The van der Waals surface area contributed by atoms with Gasteiger partial charge in [0.1, 0.15) is 0 Å². The zero-order chi connectivity index (χ0) is 12.7. The average molecular weight is 240 g/mol. The lowest BCUT2D eigenvalue weighted by Gasteiger charge is -2.37. The first-order valence-corrected chi connectivity index (χ1v) is 7.55. The molecule has 2 heteroatoms. The molecule has 1 aliphatic carbocycles. The number of hydrazine groups is 1. The smallest absolute Gasteiger partial charge is 0.0238 e. The summed E-state index contributed by atoms with van der Waals surface area (Å²) in [5.74, 6) is 6.55. The molecule has 0 radical (unpaired) electrons. The molecule has 1 unspecified atom stereocenters. The monoisotopic (exact) mass is 240 g/mol. The number of rotatable bonds is 7. The fourth-order valence-electron chi connectivity index (χ4n) is 3.07. The second-order valence-corrected chi connectivity index (χ2v) is 6.62. The predicted octanol–water partition coefficient (Wildman–Crippen LogP) is 4.01. The van der Waals surface area contributed by atoms with Crippen LogP contribution in [0.15, 0.2) is 0 Å². The van der Waals surface area contributed by atoms with E-state index in [0.29, 0.717) is 11.5 Å². The van der Waals surface area contributed by atoms with Crippen LogP contribution in [0.3, 0.4) is 0 Å². The van der Waals surface area contributed by atoms with Gasteiger partial charge < -0.3 is 0 Å². The Kier molecular flexibility index (Phi) is 6.50. The second kappa shape index (κ2) is 7.38. The van der Waals surface area contributed by atoms with Gasteiger partial charge in [-0.05, 0) is 43.4 Å². The molecule has 3 N–H and O–H groups in total. The van der Waals surface area contributed by atoms with Gasteiger partial charge in [-0.1, -0.05) is 46.5 Å². The highest BCUT2D eigenvalue weighted by atomic mass is 15.2. The van der Waals surface area contributed by atoms with Gasteiger partial charge in [0.15, 0.2) is 0 Å². The van der Waals surface area contributed by atoms with Gasteiger partial charge in [-0.25, -0.2) is 0 Å². The van der Waals surface area contributed by atoms with Crippen molar-refractivity contribution in [2.24, 2.45) is 17.2 Å². The van der Waals surface area contributed by atoms with Crippen molar-refractivity contribution in [3.63, 3.8) is 0 Å². The third kappa shape index (κ3) is 5.39. The molecule has 0 bridgehead atoms. The normalized spacial score (nSPS) is 22.6. The summed E-state index contributed by atoms with van der Waals surface area (Å²) in [5, 5.41) is 0. The molecule has 1 fully saturated rings. The Labute approximate surface area is 108 Å². The van der Waals surface area contributed by atoms with E-state index in [9.17, 15) is 0 Å². The summed E-state index contributed by atoms with van der Waals surface area (Å²) < 4.78 is 0. The molecule has 0 heterocycles. The lowest BCUT2D eigenvalue weighted by atomic mass is 9.70. The van der Waals surface area contributed by atoms with Crippen LogP contribution in [0.2, 0.25) is 0 Å². The van der Waals surface area contributed by atoms with Gasteiger partial charge in [0, 0.05) is 6.04 Å². The molecule has 0 spiro atoms. The number of hydrogen-bond acceptors (Lipinski definition) is 2. The van der Waals surface area contributed by atoms with Crippen LogP contribution in [0, 0.1) is 11.3 Å². The summed E-state index contributed by atoms with van der Waals surface area (Å²) in [6.07, 6.45) is 12.1. The van der Waals surface area contributed by atoms with E-state index in [1.54, 1.807) is 0 Å². The summed E-state index contributed by atoms with van der Waals surface area (Å²) in [4.78, 5) is 0. The summed E-state index contributed by atoms with van der Waals surface area (Å²) in [6, 6.07) is 0.558. The van der Waals surface area contributed by atoms with Crippen LogP contribution < -0.4 is 11.3 Å². The minimum Gasteiger partial charge on any atom is -0.271 e. The molecule has 0 aromatic carbocycles. The van der Waals surface area contributed by atoms with Crippen molar-refractivity contribution in [1.82, 2.24) is 5.43 Å². The van der Waals surface area contributed by atoms with Crippen LogP contribution in [-0.4, -0.2) is 6.04 Å². The van der Waals surface area contributed by atoms with E-state index in [4.69, 9.17) is 5.84 Å². The zero-order valence-electron chi connectivity index (χ0n) is 12.1. The molecule has 0 aliphatic heterocycles. The molecule has 0 saturated heterocycles. The van der Waals surface area contributed by atoms with Gasteiger partial charge in [0.05, 0.1) is 0 Å². The van der Waals surface area contributed by atoms with Gasteiger partial charge in [0.2, 0.25) is 0 Å². The molecule has 0 aromatic rings. The Morgan fingerprint density at radius 2 is 1.82 bits per heavy atom. The van der Waals surface area contributed by atoms with E-state index in [-0.39, 0.29) is 0 Å². The Morgan fingerprint density at radius 1 is 1.18 bits per heavy atom. The van der Waals surface area contributed by atoms with Crippen molar-refractivity contribution in [3.8, 4) is 0 Å². The molecule has 2 nitrogen and oxygen atoms in total. The van der Waals surface area contributed by atoms with E-state index in [1.807, 2.05) is 0 Å². The fraction of sp³-hybridized carbons (Fsp3) is 1.00. The third-order valence-electron chi connectivity index (χ3n) is 4.54. The van der Waals surface area contributed by atoms with Crippen LogP contribution in [0.1, 0.15) is 78.6 Å². The van der Waals surface area contributed by atoms with E-state index < -0.39 is 0 Å². The molecule has 1 rings (SSSR count). The summed E-state index contributed by atoms with van der Waals surface area (Å²) in [5.41, 5.74) is 3.64. The zero-order valence-corrected chi connectivity index (χ0v) is 12.1. The topological polar surface area (TPSA) is 38.0 Å². The van der Waals surface area contributed by atoms with Gasteiger partial charge in [-0.2, -0.15) is 0 Å². The Bertz CT molecular complexity index is 191. The molecule has 1 atom stereocenters. The van der Waals surface area contributed by atoms with Gasteiger partial charge in [-0.3, -0.25) is 11.3 Å². The van der Waals surface area contributed by atoms with Crippen LogP contribution in [0.5, 0.6) is 0 Å². The molecule has 1 saturated carbocycles. The van der Waals surface area contributed by atoms with Crippen molar-refractivity contribution >= 4 is 0 Å². The Hall–Kier alpha value is -0.0800. The molecule has 0 amide bonds. The minimum atomic E-state index is 0.558. The van der Waals surface area contributed by atoms with E-state index >= 15 is 0 Å². The maximum Gasteiger partial charge on any atom is 0.0238 e. The molecule has 0 aromatic heterocycles. The van der Waals surface area contributed by atoms with E-state index in [2.05, 4.69) is 26.2 Å². The molecule has 17 heavy (non-hydrogen) atoms. The highest BCUT2D eigenvalue weighted by Gasteiger charge is 2.30. The third-order valence-corrected chi connectivity index (χ3v) is 4.54. The standard InChI is InChI=1S/C15H32N2/c1-4-5-6-7-8-14(17-16)13-9-11-15(2,3)12-10-13/h13-14,17H,4-12,16H2,1-3H3. The molecular weight excluding hydrogens is 208 g/mol. The van der Waals surface area contributed by atoms with Crippen LogP contribution >= 0.6 is 0 Å². The van der Waals surface area contributed by atoms with Crippen molar-refractivity contribution in [2.75, 3.05) is 0 Å². The van der Waals surface area contributed by atoms with Crippen molar-refractivity contribution in [1.29, 1.82) is 0 Å². The second-order valence-electron chi connectivity index (χ2n) is 6.62. The maximum atomic E-state index is 5.74. The van der Waals surface area contributed by atoms with Crippen molar-refractivity contribution < 1.29 is 0 Å². The quantitative estimate of drug-likeness (QED) is 0.401. The van der Waals surface area contributed by atoms with E-state index in [0.717, 1.165) is 5.92 Å². The van der Waals surface area contributed by atoms with Gasteiger partial charge in [0.25, 0.3) is 0 Å². The lowest BCUT2D eigenvalue weighted by molar-refractivity contribution is 0.156. The minimum absolute atomic E-state index is 0.558. The first kappa shape index (κ1) is 15.0. The summed E-state index contributed by atoms with van der Waals surface area (Å²) in [7, 11) is 0. The highest BCUT2D eigenvalue weighted by molar-refractivity contribution is 4.84. The number of hydrogen-bond donors (Lipinski definition) is 2. The van der Waals surface area contributed by atoms with Crippen molar-refractivity contribution in [3.05, 3.63) is 0 Å². The first-order chi connectivity index (χ1) is 8.09. The predicted molar refractivity (Wildman–Crippen MR) is 75.6 cm³/mol. The molecule has 102 valence electrons. The molecule has 1 aliphatic rings. The van der Waals surface area contributed by atoms with Crippen LogP contribution in [0.4, 0.5) is 0 Å². The van der Waals surface area contributed by atoms with E-state index in [1.165, 1.54) is 57.8 Å². The Morgan fingerprint density at radius 3 is 2.35 bits per heavy atom. The number of nitrogens with two attached hydrogens (primary N) is 1. The maximum absolute atomic E-state index is 5.74. The largest absolute Gasteiger partial charge is 0.271 e. The Balaban J connectivity index is 2.26. The number of unbranched alkanes of at least 4 members (excludes halogenated alkanes) is 3. The summed E-state index contributed by atoms with van der Waals surface area (Å²) >= 11 is 0. The van der Waals surface area contributed by atoms with Gasteiger partial charge in [-0.15, -0.1) is 0 Å². The first-order valence-electron chi connectivity index (χ1n) is 7.55. The fourth-order valence-corrected chi connectivity index (χ4v) is 3.07. The van der Waals surface area contributed by atoms with Gasteiger partial charge >= 0.3 is 0 Å². The lowest BCUT2D eigenvalue weighted by Crippen LogP contribution is -2.43.